The molecule has 20 heavy (non-hydrogen) atoms. The number of aryl methyl sites for hydroxylation is 1. The third kappa shape index (κ3) is 3.94. The van der Waals surface area contributed by atoms with Gasteiger partial charge in [0.15, 0.2) is 0 Å². The predicted octanol–water partition coefficient (Wildman–Crippen LogP) is 4.48. The minimum Gasteiger partial charge on any atom is -0.469 e. The lowest BCUT2D eigenvalue weighted by Gasteiger charge is -2.23. The Morgan fingerprint density at radius 1 is 1.20 bits per heavy atom. The van der Waals surface area contributed by atoms with Crippen LogP contribution in [0.2, 0.25) is 0 Å². The molecule has 2 unspecified atom stereocenters. The Morgan fingerprint density at radius 3 is 2.65 bits per heavy atom. The maximum Gasteiger partial charge on any atom is 0.127 e. The fourth-order valence-corrected chi connectivity index (χ4v) is 2.43. The fraction of sp³-hybridized carbons (Fsp3) is 0.412. The van der Waals surface area contributed by atoms with E-state index in [9.17, 15) is 4.39 Å². The van der Waals surface area contributed by atoms with E-state index in [0.29, 0.717) is 6.04 Å². The second-order valence-electron chi connectivity index (χ2n) is 5.17. The molecule has 2 rings (SSSR count). The van der Waals surface area contributed by atoms with Gasteiger partial charge in [0.05, 0.1) is 6.26 Å². The van der Waals surface area contributed by atoms with Crippen LogP contribution in [0, 0.1) is 5.82 Å². The molecule has 2 atom stereocenters. The zero-order chi connectivity index (χ0) is 14.4. The molecule has 2 nitrogen and oxygen atoms in total. The lowest BCUT2D eigenvalue weighted by Crippen LogP contribution is -2.31. The fourth-order valence-electron chi connectivity index (χ4n) is 2.43. The average Bonchev–Trinajstić information content (AvgIpc) is 2.97. The van der Waals surface area contributed by atoms with Crippen LogP contribution in [0.4, 0.5) is 4.39 Å². The van der Waals surface area contributed by atoms with Crippen molar-refractivity contribution in [2.45, 2.75) is 45.2 Å². The third-order valence-electron chi connectivity index (χ3n) is 3.58. The first-order valence-corrected chi connectivity index (χ1v) is 7.23. The van der Waals surface area contributed by atoms with Crippen molar-refractivity contribution in [1.82, 2.24) is 5.32 Å². The molecule has 0 saturated carbocycles. The number of halogens is 1. The molecule has 3 heteroatoms. The zero-order valence-electron chi connectivity index (χ0n) is 12.1. The summed E-state index contributed by atoms with van der Waals surface area (Å²) in [6, 6.07) is 11.3. The summed E-state index contributed by atoms with van der Waals surface area (Å²) in [5, 5.41) is 3.50. The van der Waals surface area contributed by atoms with Gasteiger partial charge in [0, 0.05) is 24.1 Å². The molecule has 0 aliphatic carbocycles. The minimum atomic E-state index is -0.134. The van der Waals surface area contributed by atoms with Crippen LogP contribution >= 0.6 is 0 Å². The van der Waals surface area contributed by atoms with E-state index >= 15 is 0 Å². The molecule has 0 aliphatic heterocycles. The summed E-state index contributed by atoms with van der Waals surface area (Å²) < 4.78 is 19.2. The molecular weight excluding hydrogens is 253 g/mol. The van der Waals surface area contributed by atoms with Gasteiger partial charge in [0.1, 0.15) is 11.6 Å². The van der Waals surface area contributed by atoms with Crippen LogP contribution in [0.15, 0.2) is 47.1 Å². The minimum absolute atomic E-state index is 0.0581. The third-order valence-corrected chi connectivity index (χ3v) is 3.58. The van der Waals surface area contributed by atoms with E-state index in [-0.39, 0.29) is 11.9 Å². The van der Waals surface area contributed by atoms with Gasteiger partial charge in [-0.1, -0.05) is 25.1 Å². The quantitative estimate of drug-likeness (QED) is 0.806. The van der Waals surface area contributed by atoms with E-state index < -0.39 is 0 Å². The van der Waals surface area contributed by atoms with Crippen molar-refractivity contribution in [1.29, 1.82) is 0 Å². The summed E-state index contributed by atoms with van der Waals surface area (Å²) in [5.74, 6) is 0.864. The first-order valence-electron chi connectivity index (χ1n) is 7.23. The SMILES string of the molecule is CCC(NC(C)CCc1ccco1)c1ccccc1F. The molecule has 0 amide bonds. The monoisotopic (exact) mass is 275 g/mol. The summed E-state index contributed by atoms with van der Waals surface area (Å²) in [5.41, 5.74) is 0.750. The molecule has 1 heterocycles. The highest BCUT2D eigenvalue weighted by molar-refractivity contribution is 5.21. The average molecular weight is 275 g/mol. The van der Waals surface area contributed by atoms with Crippen molar-refractivity contribution in [2.75, 3.05) is 0 Å². The normalized spacial score (nSPS) is 14.2. The van der Waals surface area contributed by atoms with Crippen LogP contribution in [-0.4, -0.2) is 6.04 Å². The molecule has 0 fully saturated rings. The van der Waals surface area contributed by atoms with Gasteiger partial charge in [0.25, 0.3) is 0 Å². The highest BCUT2D eigenvalue weighted by Gasteiger charge is 2.15. The lowest BCUT2D eigenvalue weighted by molar-refractivity contribution is 0.402. The smallest absolute Gasteiger partial charge is 0.127 e. The largest absolute Gasteiger partial charge is 0.469 e. The topological polar surface area (TPSA) is 25.2 Å². The van der Waals surface area contributed by atoms with Gasteiger partial charge in [-0.25, -0.2) is 4.39 Å². The first kappa shape index (κ1) is 14.8. The molecule has 0 aliphatic rings. The van der Waals surface area contributed by atoms with Gasteiger partial charge in [-0.3, -0.25) is 0 Å². The van der Waals surface area contributed by atoms with E-state index in [0.717, 1.165) is 30.6 Å². The van der Waals surface area contributed by atoms with Crippen molar-refractivity contribution in [3.05, 3.63) is 59.8 Å². The number of benzene rings is 1. The lowest BCUT2D eigenvalue weighted by atomic mass is 10.0. The molecule has 0 bridgehead atoms. The Labute approximate surface area is 120 Å². The van der Waals surface area contributed by atoms with E-state index in [1.165, 1.54) is 6.07 Å². The second-order valence-corrected chi connectivity index (χ2v) is 5.17. The highest BCUT2D eigenvalue weighted by atomic mass is 19.1. The molecule has 1 aromatic carbocycles. The molecule has 0 saturated heterocycles. The van der Waals surface area contributed by atoms with Crippen LogP contribution in [-0.2, 0) is 6.42 Å². The van der Waals surface area contributed by atoms with Gasteiger partial charge in [0.2, 0.25) is 0 Å². The van der Waals surface area contributed by atoms with Crippen LogP contribution in [0.3, 0.4) is 0 Å². The molecule has 0 radical (unpaired) electrons. The number of furan rings is 1. The molecule has 2 aromatic rings. The van der Waals surface area contributed by atoms with Crippen LogP contribution in [0.25, 0.3) is 0 Å². The molecule has 0 spiro atoms. The Hall–Kier alpha value is -1.61. The number of hydrogen-bond donors (Lipinski definition) is 1. The predicted molar refractivity (Wildman–Crippen MR) is 79.1 cm³/mol. The van der Waals surface area contributed by atoms with Crippen LogP contribution in [0.1, 0.15) is 44.1 Å². The summed E-state index contributed by atoms with van der Waals surface area (Å²) in [6.45, 7) is 4.20. The Morgan fingerprint density at radius 2 is 2.00 bits per heavy atom. The van der Waals surface area contributed by atoms with Gasteiger partial charge >= 0.3 is 0 Å². The zero-order valence-corrected chi connectivity index (χ0v) is 12.1. The summed E-state index contributed by atoms with van der Waals surface area (Å²) >= 11 is 0. The van der Waals surface area contributed by atoms with Crippen molar-refractivity contribution in [2.24, 2.45) is 0 Å². The molecule has 108 valence electrons. The maximum atomic E-state index is 13.8. The van der Waals surface area contributed by atoms with Crippen molar-refractivity contribution in [3.63, 3.8) is 0 Å². The van der Waals surface area contributed by atoms with Gasteiger partial charge in [-0.15, -0.1) is 0 Å². The number of rotatable bonds is 7. The molecule has 1 N–H and O–H groups in total. The van der Waals surface area contributed by atoms with Crippen LogP contribution in [0.5, 0.6) is 0 Å². The second kappa shape index (κ2) is 7.25. The highest BCUT2D eigenvalue weighted by Crippen LogP contribution is 2.21. The molecule has 1 aromatic heterocycles. The Kier molecular flexibility index (Phi) is 5.36. The van der Waals surface area contributed by atoms with Crippen molar-refractivity contribution >= 4 is 0 Å². The van der Waals surface area contributed by atoms with Gasteiger partial charge in [-0.05, 0) is 38.0 Å². The van der Waals surface area contributed by atoms with Gasteiger partial charge in [-0.2, -0.15) is 0 Å². The summed E-state index contributed by atoms with van der Waals surface area (Å²) in [4.78, 5) is 0. The summed E-state index contributed by atoms with van der Waals surface area (Å²) in [6.07, 6.45) is 4.43. The summed E-state index contributed by atoms with van der Waals surface area (Å²) in [7, 11) is 0. The first-order chi connectivity index (χ1) is 9.70. The van der Waals surface area contributed by atoms with Crippen molar-refractivity contribution < 1.29 is 8.81 Å². The Balaban J connectivity index is 1.91. The van der Waals surface area contributed by atoms with E-state index in [4.69, 9.17) is 4.42 Å². The van der Waals surface area contributed by atoms with Crippen LogP contribution < -0.4 is 5.32 Å². The Bertz CT molecular complexity index is 509. The van der Waals surface area contributed by atoms with Crippen molar-refractivity contribution in [3.8, 4) is 0 Å². The number of nitrogens with one attached hydrogen (secondary N) is 1. The maximum absolute atomic E-state index is 13.8. The van der Waals surface area contributed by atoms with E-state index in [2.05, 4.69) is 19.2 Å². The standard InChI is InChI=1S/C17H22FNO/c1-3-17(15-8-4-5-9-16(15)18)19-13(2)10-11-14-7-6-12-20-14/h4-9,12-13,17,19H,3,10-11H2,1-2H3. The van der Waals surface area contributed by atoms with E-state index in [1.54, 1.807) is 12.3 Å². The number of hydrogen-bond acceptors (Lipinski definition) is 2. The molecular formula is C17H22FNO. The van der Waals surface area contributed by atoms with E-state index in [1.807, 2.05) is 24.3 Å². The van der Waals surface area contributed by atoms with Gasteiger partial charge < -0.3 is 9.73 Å².